The maximum absolute atomic E-state index is 12.5. The number of nitrogens with zero attached hydrogens (tertiary/aromatic N) is 3. The average molecular weight is 343 g/mol. The number of anilines is 1. The molecular weight excluding hydrogens is 323 g/mol. The van der Waals surface area contributed by atoms with Crippen LogP contribution in [0.15, 0.2) is 24.3 Å². The summed E-state index contributed by atoms with van der Waals surface area (Å²) in [5.74, 6) is -2.08. The molecule has 0 aromatic heterocycles. The number of hydrogen-bond donors (Lipinski definition) is 0. The van der Waals surface area contributed by atoms with Crippen LogP contribution in [0.3, 0.4) is 0 Å². The van der Waals surface area contributed by atoms with Crippen molar-refractivity contribution in [2.75, 3.05) is 45.2 Å². The van der Waals surface area contributed by atoms with Crippen molar-refractivity contribution in [1.29, 1.82) is 0 Å². The Morgan fingerprint density at radius 2 is 1.50 bits per heavy atom. The van der Waals surface area contributed by atoms with Crippen LogP contribution >= 0.6 is 0 Å². The Labute approximate surface area is 138 Å². The summed E-state index contributed by atoms with van der Waals surface area (Å²) in [5, 5.41) is 0. The van der Waals surface area contributed by atoms with E-state index in [9.17, 15) is 22.8 Å². The van der Waals surface area contributed by atoms with Crippen LogP contribution in [-0.4, -0.2) is 68.1 Å². The molecule has 1 aliphatic heterocycles. The molecule has 8 heteroatoms. The van der Waals surface area contributed by atoms with Gasteiger partial charge in [-0.05, 0) is 30.7 Å². The Morgan fingerprint density at radius 1 is 0.958 bits per heavy atom. The van der Waals surface area contributed by atoms with E-state index in [4.69, 9.17) is 0 Å². The number of rotatable bonds is 2. The van der Waals surface area contributed by atoms with E-state index in [1.54, 1.807) is 12.1 Å². The highest BCUT2D eigenvalue weighted by Gasteiger charge is 2.42. The first-order valence-corrected chi connectivity index (χ1v) is 7.63. The minimum absolute atomic E-state index is 0.00168. The summed E-state index contributed by atoms with van der Waals surface area (Å²) in [4.78, 5) is 28.0. The van der Waals surface area contributed by atoms with Crippen molar-refractivity contribution in [3.63, 3.8) is 0 Å². The van der Waals surface area contributed by atoms with Crippen molar-refractivity contribution in [2.45, 2.75) is 12.6 Å². The molecular formula is C16H20F3N3O2. The number of carbonyl (C=O) groups excluding carboxylic acids is 2. The fourth-order valence-corrected chi connectivity index (χ4v) is 2.59. The van der Waals surface area contributed by atoms with E-state index in [-0.39, 0.29) is 25.5 Å². The third-order valence-electron chi connectivity index (χ3n) is 3.94. The highest BCUT2D eigenvalue weighted by Crippen LogP contribution is 2.20. The summed E-state index contributed by atoms with van der Waals surface area (Å²) in [6.07, 6.45) is -4.55. The predicted molar refractivity (Wildman–Crippen MR) is 83.9 cm³/mol. The summed E-state index contributed by atoms with van der Waals surface area (Å²) < 4.78 is 37.5. The Bertz CT molecular complexity index is 600. The summed E-state index contributed by atoms with van der Waals surface area (Å²) in [6, 6.07) is 7.01. The highest BCUT2D eigenvalue weighted by molar-refractivity contribution is 5.94. The van der Waals surface area contributed by atoms with Gasteiger partial charge >= 0.3 is 12.1 Å². The molecule has 2 amide bonds. The van der Waals surface area contributed by atoms with Gasteiger partial charge in [0.25, 0.3) is 5.91 Å². The topological polar surface area (TPSA) is 43.9 Å². The minimum atomic E-state index is -4.87. The Hall–Kier alpha value is -2.25. The Morgan fingerprint density at radius 3 is 2.04 bits per heavy atom. The van der Waals surface area contributed by atoms with Crippen molar-refractivity contribution >= 4 is 17.5 Å². The van der Waals surface area contributed by atoms with Crippen LogP contribution in [0.2, 0.25) is 0 Å². The second-order valence-corrected chi connectivity index (χ2v) is 5.88. The first-order chi connectivity index (χ1) is 11.2. The molecule has 0 aliphatic carbocycles. The largest absolute Gasteiger partial charge is 0.471 e. The first-order valence-electron chi connectivity index (χ1n) is 7.63. The SMILES string of the molecule is CN(C)c1ccc(C(=O)N2CCCN(C(=O)C(F)(F)F)CC2)cc1. The van der Waals surface area contributed by atoms with Crippen LogP contribution in [0.1, 0.15) is 16.8 Å². The van der Waals surface area contributed by atoms with Gasteiger partial charge in [-0.15, -0.1) is 0 Å². The van der Waals surface area contributed by atoms with Crippen LogP contribution in [0, 0.1) is 0 Å². The molecule has 0 radical (unpaired) electrons. The van der Waals surface area contributed by atoms with Crippen molar-refractivity contribution in [3.05, 3.63) is 29.8 Å². The molecule has 0 atom stereocenters. The molecule has 1 aromatic rings. The molecule has 24 heavy (non-hydrogen) atoms. The first kappa shape index (κ1) is 18.1. The van der Waals surface area contributed by atoms with Crippen LogP contribution in [-0.2, 0) is 4.79 Å². The Kier molecular flexibility index (Phi) is 5.36. The lowest BCUT2D eigenvalue weighted by molar-refractivity contribution is -0.185. The molecule has 0 bridgehead atoms. The minimum Gasteiger partial charge on any atom is -0.378 e. The molecule has 1 fully saturated rings. The number of benzene rings is 1. The smallest absolute Gasteiger partial charge is 0.378 e. The highest BCUT2D eigenvalue weighted by atomic mass is 19.4. The van der Waals surface area contributed by atoms with Crippen LogP contribution in [0.25, 0.3) is 0 Å². The summed E-state index contributed by atoms with van der Waals surface area (Å²) in [6.45, 7) is 0.313. The van der Waals surface area contributed by atoms with Gasteiger partial charge in [-0.2, -0.15) is 13.2 Å². The number of amides is 2. The molecule has 0 saturated carbocycles. The van der Waals surface area contributed by atoms with Gasteiger partial charge in [0, 0.05) is 51.5 Å². The second kappa shape index (κ2) is 7.11. The zero-order valence-corrected chi connectivity index (χ0v) is 13.6. The normalized spacial score (nSPS) is 15.9. The van der Waals surface area contributed by atoms with Gasteiger partial charge in [0.1, 0.15) is 0 Å². The summed E-state index contributed by atoms with van der Waals surface area (Å²) in [7, 11) is 3.77. The van der Waals surface area contributed by atoms with Crippen LogP contribution in [0.4, 0.5) is 18.9 Å². The van der Waals surface area contributed by atoms with E-state index < -0.39 is 12.1 Å². The van der Waals surface area contributed by atoms with Crippen LogP contribution in [0.5, 0.6) is 0 Å². The number of alkyl halides is 3. The zero-order valence-electron chi connectivity index (χ0n) is 13.6. The van der Waals surface area contributed by atoms with E-state index in [0.29, 0.717) is 18.5 Å². The number of carbonyl (C=O) groups is 2. The van der Waals surface area contributed by atoms with Gasteiger partial charge in [0.15, 0.2) is 0 Å². The maximum Gasteiger partial charge on any atom is 0.471 e. The monoisotopic (exact) mass is 343 g/mol. The van der Waals surface area contributed by atoms with Gasteiger partial charge < -0.3 is 14.7 Å². The molecule has 5 nitrogen and oxygen atoms in total. The second-order valence-electron chi connectivity index (χ2n) is 5.88. The maximum atomic E-state index is 12.5. The number of halogens is 3. The van der Waals surface area contributed by atoms with E-state index in [1.165, 1.54) is 4.90 Å². The molecule has 0 unspecified atom stereocenters. The van der Waals surface area contributed by atoms with Crippen molar-refractivity contribution < 1.29 is 22.8 Å². The summed E-state index contributed by atoms with van der Waals surface area (Å²) in [5.41, 5.74) is 1.43. The fraction of sp³-hybridized carbons (Fsp3) is 0.500. The van der Waals surface area contributed by atoms with E-state index in [2.05, 4.69) is 0 Å². The Balaban J connectivity index is 2.03. The molecule has 2 rings (SSSR count). The lowest BCUT2D eigenvalue weighted by Gasteiger charge is -2.23. The lowest BCUT2D eigenvalue weighted by atomic mass is 10.1. The number of hydrogen-bond acceptors (Lipinski definition) is 3. The molecule has 0 N–H and O–H groups in total. The predicted octanol–water partition coefficient (Wildman–Crippen LogP) is 1.99. The van der Waals surface area contributed by atoms with E-state index >= 15 is 0 Å². The zero-order chi connectivity index (χ0) is 17.9. The standard InChI is InChI=1S/C16H20F3N3O2/c1-20(2)13-6-4-12(5-7-13)14(23)21-8-3-9-22(11-10-21)15(24)16(17,18)19/h4-7H,3,8-11H2,1-2H3. The van der Waals surface area contributed by atoms with Gasteiger partial charge in [0.2, 0.25) is 0 Å². The molecule has 1 aromatic carbocycles. The van der Waals surface area contributed by atoms with E-state index in [1.807, 2.05) is 31.1 Å². The third kappa shape index (κ3) is 4.18. The van der Waals surface area contributed by atoms with Gasteiger partial charge in [-0.1, -0.05) is 0 Å². The molecule has 132 valence electrons. The van der Waals surface area contributed by atoms with Crippen molar-refractivity contribution in [3.8, 4) is 0 Å². The lowest BCUT2D eigenvalue weighted by Crippen LogP contribution is -2.43. The van der Waals surface area contributed by atoms with Gasteiger partial charge in [-0.25, -0.2) is 0 Å². The molecule has 1 heterocycles. The molecule has 0 spiro atoms. The van der Waals surface area contributed by atoms with Crippen LogP contribution < -0.4 is 4.90 Å². The van der Waals surface area contributed by atoms with Gasteiger partial charge in [-0.3, -0.25) is 9.59 Å². The molecule has 1 saturated heterocycles. The summed E-state index contributed by atoms with van der Waals surface area (Å²) >= 11 is 0. The third-order valence-corrected chi connectivity index (χ3v) is 3.94. The fourth-order valence-electron chi connectivity index (χ4n) is 2.59. The van der Waals surface area contributed by atoms with Crippen molar-refractivity contribution in [1.82, 2.24) is 9.80 Å². The van der Waals surface area contributed by atoms with E-state index in [0.717, 1.165) is 10.6 Å². The molecule has 1 aliphatic rings. The quantitative estimate of drug-likeness (QED) is 0.825. The van der Waals surface area contributed by atoms with Crippen molar-refractivity contribution in [2.24, 2.45) is 0 Å². The van der Waals surface area contributed by atoms with Gasteiger partial charge in [0.05, 0.1) is 0 Å². The average Bonchev–Trinajstić information content (AvgIpc) is 2.78.